The summed E-state index contributed by atoms with van der Waals surface area (Å²) in [6.07, 6.45) is 1.00. The fourth-order valence-corrected chi connectivity index (χ4v) is 1.73. The standard InChI is InChI=1S/C10H19NO3S/c1-4-7(2)11-10(14)8(3)15-6-5-9(12)13/h7-8H,4-6H2,1-3H3,(H,11,14)(H,12,13). The van der Waals surface area contributed by atoms with Gasteiger partial charge in [0.25, 0.3) is 0 Å². The fourth-order valence-electron chi connectivity index (χ4n) is 0.861. The van der Waals surface area contributed by atoms with Gasteiger partial charge in [-0.25, -0.2) is 0 Å². The molecule has 0 aromatic carbocycles. The van der Waals surface area contributed by atoms with Crippen LogP contribution in [0, 0.1) is 0 Å². The van der Waals surface area contributed by atoms with Gasteiger partial charge in [-0.1, -0.05) is 6.92 Å². The number of hydrogen-bond donors (Lipinski definition) is 2. The molecule has 15 heavy (non-hydrogen) atoms. The normalized spacial score (nSPS) is 14.3. The van der Waals surface area contributed by atoms with E-state index in [4.69, 9.17) is 5.11 Å². The summed E-state index contributed by atoms with van der Waals surface area (Å²) in [5.74, 6) is -0.360. The largest absolute Gasteiger partial charge is 0.481 e. The molecule has 0 saturated heterocycles. The van der Waals surface area contributed by atoms with Crippen LogP contribution in [-0.4, -0.2) is 34.0 Å². The Labute approximate surface area is 94.8 Å². The summed E-state index contributed by atoms with van der Waals surface area (Å²) in [5.41, 5.74) is 0. The summed E-state index contributed by atoms with van der Waals surface area (Å²) >= 11 is 1.37. The van der Waals surface area contributed by atoms with E-state index in [0.29, 0.717) is 5.75 Å². The first kappa shape index (κ1) is 14.3. The zero-order valence-electron chi connectivity index (χ0n) is 9.45. The molecule has 0 aliphatic heterocycles. The smallest absolute Gasteiger partial charge is 0.304 e. The van der Waals surface area contributed by atoms with Crippen molar-refractivity contribution in [3.8, 4) is 0 Å². The van der Waals surface area contributed by atoms with Crippen LogP contribution in [0.4, 0.5) is 0 Å². The average Bonchev–Trinajstić information content (AvgIpc) is 2.16. The molecular formula is C10H19NO3S. The minimum Gasteiger partial charge on any atom is -0.481 e. The van der Waals surface area contributed by atoms with Gasteiger partial charge in [-0.2, -0.15) is 0 Å². The lowest BCUT2D eigenvalue weighted by molar-refractivity contribution is -0.136. The van der Waals surface area contributed by atoms with Crippen LogP contribution in [0.25, 0.3) is 0 Å². The van der Waals surface area contributed by atoms with Gasteiger partial charge in [0.05, 0.1) is 11.7 Å². The average molecular weight is 233 g/mol. The summed E-state index contributed by atoms with van der Waals surface area (Å²) in [5, 5.41) is 11.1. The molecule has 2 N–H and O–H groups in total. The molecule has 0 heterocycles. The molecule has 0 aromatic heterocycles. The molecule has 1 amide bonds. The summed E-state index contributed by atoms with van der Waals surface area (Å²) in [7, 11) is 0. The lowest BCUT2D eigenvalue weighted by Gasteiger charge is -2.15. The van der Waals surface area contributed by atoms with Crippen molar-refractivity contribution in [2.24, 2.45) is 0 Å². The van der Waals surface area contributed by atoms with Crippen molar-refractivity contribution in [1.82, 2.24) is 5.32 Å². The van der Waals surface area contributed by atoms with Crippen molar-refractivity contribution < 1.29 is 14.7 Å². The topological polar surface area (TPSA) is 66.4 Å². The highest BCUT2D eigenvalue weighted by atomic mass is 32.2. The predicted molar refractivity (Wildman–Crippen MR) is 62.1 cm³/mol. The van der Waals surface area contributed by atoms with E-state index in [-0.39, 0.29) is 23.6 Å². The van der Waals surface area contributed by atoms with Crippen LogP contribution in [0.2, 0.25) is 0 Å². The third-order valence-corrected chi connectivity index (χ3v) is 3.21. The van der Waals surface area contributed by atoms with Crippen LogP contribution in [-0.2, 0) is 9.59 Å². The lowest BCUT2D eigenvalue weighted by atomic mass is 10.2. The molecule has 0 aliphatic carbocycles. The molecule has 0 spiro atoms. The maximum atomic E-state index is 11.5. The summed E-state index contributed by atoms with van der Waals surface area (Å²) < 4.78 is 0. The second kappa shape index (κ2) is 7.56. The van der Waals surface area contributed by atoms with Crippen molar-refractivity contribution in [1.29, 1.82) is 0 Å². The van der Waals surface area contributed by atoms with E-state index in [1.807, 2.05) is 13.8 Å². The van der Waals surface area contributed by atoms with Crippen molar-refractivity contribution >= 4 is 23.6 Å². The van der Waals surface area contributed by atoms with Gasteiger partial charge < -0.3 is 10.4 Å². The number of amides is 1. The van der Waals surface area contributed by atoms with Crippen LogP contribution in [0.5, 0.6) is 0 Å². The Balaban J connectivity index is 3.74. The Bertz CT molecular complexity index is 221. The van der Waals surface area contributed by atoms with Gasteiger partial charge in [0.15, 0.2) is 0 Å². The Kier molecular flexibility index (Phi) is 7.21. The van der Waals surface area contributed by atoms with E-state index in [1.54, 1.807) is 6.92 Å². The highest BCUT2D eigenvalue weighted by molar-refractivity contribution is 8.00. The van der Waals surface area contributed by atoms with Gasteiger partial charge in [-0.15, -0.1) is 11.8 Å². The molecule has 0 bridgehead atoms. The maximum absolute atomic E-state index is 11.5. The molecule has 4 nitrogen and oxygen atoms in total. The number of carboxylic acids is 1. The van der Waals surface area contributed by atoms with Crippen molar-refractivity contribution in [2.45, 2.75) is 44.9 Å². The van der Waals surface area contributed by atoms with E-state index in [0.717, 1.165) is 6.42 Å². The number of carbonyl (C=O) groups excluding carboxylic acids is 1. The Morgan fingerprint density at radius 3 is 2.47 bits per heavy atom. The van der Waals surface area contributed by atoms with Crippen LogP contribution in [0.3, 0.4) is 0 Å². The fraction of sp³-hybridized carbons (Fsp3) is 0.800. The maximum Gasteiger partial charge on any atom is 0.304 e. The number of carbonyl (C=O) groups is 2. The molecule has 2 unspecified atom stereocenters. The Morgan fingerprint density at radius 1 is 1.40 bits per heavy atom. The Morgan fingerprint density at radius 2 is 2.00 bits per heavy atom. The van der Waals surface area contributed by atoms with Crippen LogP contribution in [0.15, 0.2) is 0 Å². The molecule has 0 radical (unpaired) electrons. The minimum absolute atomic E-state index is 0.0141. The number of thioether (sulfide) groups is 1. The second-order valence-electron chi connectivity index (χ2n) is 3.47. The van der Waals surface area contributed by atoms with E-state index in [9.17, 15) is 9.59 Å². The third kappa shape index (κ3) is 7.25. The van der Waals surface area contributed by atoms with Gasteiger partial charge in [-0.3, -0.25) is 9.59 Å². The van der Waals surface area contributed by atoms with Gasteiger partial charge in [0.2, 0.25) is 5.91 Å². The predicted octanol–water partition coefficient (Wildman–Crippen LogP) is 1.50. The van der Waals surface area contributed by atoms with Crippen molar-refractivity contribution in [3.63, 3.8) is 0 Å². The quantitative estimate of drug-likeness (QED) is 0.699. The monoisotopic (exact) mass is 233 g/mol. The number of carboxylic acid groups (broad SMARTS) is 1. The molecule has 2 atom stereocenters. The number of nitrogens with one attached hydrogen (secondary N) is 1. The highest BCUT2D eigenvalue weighted by Gasteiger charge is 2.14. The molecule has 0 aliphatic rings. The van der Waals surface area contributed by atoms with Gasteiger partial charge in [-0.05, 0) is 20.3 Å². The van der Waals surface area contributed by atoms with E-state index >= 15 is 0 Å². The SMILES string of the molecule is CCC(C)NC(=O)C(C)SCCC(=O)O. The van der Waals surface area contributed by atoms with Crippen molar-refractivity contribution in [2.75, 3.05) is 5.75 Å². The number of rotatable bonds is 7. The van der Waals surface area contributed by atoms with E-state index < -0.39 is 5.97 Å². The van der Waals surface area contributed by atoms with Crippen LogP contribution >= 0.6 is 11.8 Å². The summed E-state index contributed by atoms with van der Waals surface area (Å²) in [4.78, 5) is 21.8. The minimum atomic E-state index is -0.822. The zero-order valence-corrected chi connectivity index (χ0v) is 10.3. The molecular weight excluding hydrogens is 214 g/mol. The third-order valence-electron chi connectivity index (χ3n) is 2.05. The Hall–Kier alpha value is -0.710. The molecule has 0 saturated carbocycles. The molecule has 0 rings (SSSR count). The summed E-state index contributed by atoms with van der Waals surface area (Å²) in [6, 6.07) is 0.181. The molecule has 88 valence electrons. The molecule has 0 fully saturated rings. The van der Waals surface area contributed by atoms with Crippen LogP contribution < -0.4 is 5.32 Å². The van der Waals surface area contributed by atoms with E-state index in [1.165, 1.54) is 11.8 Å². The highest BCUT2D eigenvalue weighted by Crippen LogP contribution is 2.12. The van der Waals surface area contributed by atoms with Crippen LogP contribution in [0.1, 0.15) is 33.6 Å². The van der Waals surface area contributed by atoms with Gasteiger partial charge in [0.1, 0.15) is 0 Å². The second-order valence-corrected chi connectivity index (χ2v) is 4.92. The number of hydrogen-bond acceptors (Lipinski definition) is 3. The van der Waals surface area contributed by atoms with Crippen molar-refractivity contribution in [3.05, 3.63) is 0 Å². The summed E-state index contributed by atoms with van der Waals surface area (Å²) in [6.45, 7) is 5.75. The first-order chi connectivity index (χ1) is 6.97. The molecule has 0 aromatic rings. The van der Waals surface area contributed by atoms with Gasteiger partial charge in [0, 0.05) is 11.8 Å². The van der Waals surface area contributed by atoms with E-state index in [2.05, 4.69) is 5.32 Å². The first-order valence-corrected chi connectivity index (χ1v) is 6.16. The first-order valence-electron chi connectivity index (χ1n) is 5.11. The molecule has 5 heteroatoms. The zero-order chi connectivity index (χ0) is 11.8. The number of aliphatic carboxylic acids is 1. The lowest BCUT2D eigenvalue weighted by Crippen LogP contribution is -2.37. The van der Waals surface area contributed by atoms with Gasteiger partial charge >= 0.3 is 5.97 Å².